The second-order valence-corrected chi connectivity index (χ2v) is 7.48. The molecular formula is C19H21NO6S. The van der Waals surface area contributed by atoms with Crippen LogP contribution in [0.25, 0.3) is 0 Å². The zero-order chi connectivity index (χ0) is 20.0. The van der Waals surface area contributed by atoms with Gasteiger partial charge in [0.1, 0.15) is 5.75 Å². The number of hydrogen-bond donors (Lipinski definition) is 1. The van der Waals surface area contributed by atoms with Crippen molar-refractivity contribution in [3.05, 3.63) is 59.2 Å². The van der Waals surface area contributed by atoms with Gasteiger partial charge in [0.2, 0.25) is 10.0 Å². The number of methoxy groups -OCH3 is 1. The molecule has 0 atom stereocenters. The van der Waals surface area contributed by atoms with Gasteiger partial charge >= 0.3 is 5.97 Å². The molecule has 27 heavy (non-hydrogen) atoms. The maximum atomic E-state index is 12.3. The fourth-order valence-corrected chi connectivity index (χ4v) is 3.42. The number of ketones is 1. The zero-order valence-electron chi connectivity index (χ0n) is 15.3. The topological polar surface area (TPSA) is 98.8 Å². The molecule has 0 spiro atoms. The van der Waals surface area contributed by atoms with Crippen molar-refractivity contribution in [1.29, 1.82) is 0 Å². The van der Waals surface area contributed by atoms with Crippen molar-refractivity contribution in [2.45, 2.75) is 18.7 Å². The Morgan fingerprint density at radius 3 is 2.52 bits per heavy atom. The van der Waals surface area contributed by atoms with Gasteiger partial charge in [-0.05, 0) is 36.8 Å². The molecule has 2 aromatic rings. The van der Waals surface area contributed by atoms with Gasteiger partial charge in [0.15, 0.2) is 12.4 Å². The van der Waals surface area contributed by atoms with Gasteiger partial charge in [-0.15, -0.1) is 0 Å². The first-order chi connectivity index (χ1) is 12.8. The summed E-state index contributed by atoms with van der Waals surface area (Å²) in [7, 11) is -2.22. The van der Waals surface area contributed by atoms with Gasteiger partial charge in [-0.25, -0.2) is 17.9 Å². The van der Waals surface area contributed by atoms with Crippen LogP contribution in [0, 0.1) is 6.92 Å². The molecule has 0 aliphatic heterocycles. The van der Waals surface area contributed by atoms with Crippen LogP contribution in [0.1, 0.15) is 33.2 Å². The van der Waals surface area contributed by atoms with Crippen LogP contribution in [0.15, 0.2) is 47.4 Å². The summed E-state index contributed by atoms with van der Waals surface area (Å²) in [5.41, 5.74) is 0.985. The van der Waals surface area contributed by atoms with E-state index in [1.807, 2.05) is 0 Å². The highest BCUT2D eigenvalue weighted by Crippen LogP contribution is 2.17. The molecule has 0 heterocycles. The Hall–Kier alpha value is -2.71. The molecule has 0 saturated carbocycles. The van der Waals surface area contributed by atoms with E-state index in [1.165, 1.54) is 25.3 Å². The van der Waals surface area contributed by atoms with Crippen LogP contribution in [0.5, 0.6) is 5.75 Å². The minimum atomic E-state index is -3.70. The molecule has 0 saturated heterocycles. The van der Waals surface area contributed by atoms with Crippen LogP contribution >= 0.6 is 0 Å². The number of hydrogen-bond acceptors (Lipinski definition) is 6. The van der Waals surface area contributed by atoms with Gasteiger partial charge in [-0.1, -0.05) is 25.1 Å². The third kappa shape index (κ3) is 5.15. The van der Waals surface area contributed by atoms with E-state index in [1.54, 1.807) is 38.1 Å². The molecule has 8 heteroatoms. The molecule has 0 radical (unpaired) electrons. The third-order valence-corrected chi connectivity index (χ3v) is 5.34. The lowest BCUT2D eigenvalue weighted by molar-refractivity contribution is 0.0473. The predicted molar refractivity (Wildman–Crippen MR) is 99.6 cm³/mol. The molecule has 0 unspecified atom stereocenters. The summed E-state index contributed by atoms with van der Waals surface area (Å²) in [6.07, 6.45) is 0. The highest BCUT2D eigenvalue weighted by atomic mass is 32.2. The molecule has 2 rings (SSSR count). The third-order valence-electron chi connectivity index (χ3n) is 3.80. The van der Waals surface area contributed by atoms with Gasteiger partial charge in [0.05, 0.1) is 17.6 Å². The normalized spacial score (nSPS) is 11.1. The minimum Gasteiger partial charge on any atom is -0.497 e. The van der Waals surface area contributed by atoms with E-state index in [2.05, 4.69) is 4.72 Å². The molecular weight excluding hydrogens is 370 g/mol. The van der Waals surface area contributed by atoms with E-state index in [9.17, 15) is 18.0 Å². The van der Waals surface area contributed by atoms with Crippen molar-refractivity contribution in [2.24, 2.45) is 0 Å². The summed E-state index contributed by atoms with van der Waals surface area (Å²) >= 11 is 0. The smallest absolute Gasteiger partial charge is 0.338 e. The van der Waals surface area contributed by atoms with Crippen molar-refractivity contribution in [2.75, 3.05) is 20.3 Å². The molecule has 7 nitrogen and oxygen atoms in total. The number of nitrogens with one attached hydrogen (secondary N) is 1. The highest BCUT2D eigenvalue weighted by Gasteiger charge is 2.19. The Bertz CT molecular complexity index is 952. The molecule has 0 amide bonds. The lowest BCUT2D eigenvalue weighted by Gasteiger charge is -2.10. The van der Waals surface area contributed by atoms with E-state index >= 15 is 0 Å². The average molecular weight is 391 g/mol. The number of carbonyl (C=O) groups is 2. The van der Waals surface area contributed by atoms with Gasteiger partial charge in [0, 0.05) is 12.1 Å². The Kier molecular flexibility index (Phi) is 6.70. The lowest BCUT2D eigenvalue weighted by atomic mass is 10.1. The summed E-state index contributed by atoms with van der Waals surface area (Å²) in [6, 6.07) is 10.7. The van der Waals surface area contributed by atoms with E-state index in [-0.39, 0.29) is 17.0 Å². The van der Waals surface area contributed by atoms with Crippen LogP contribution in [-0.2, 0) is 14.8 Å². The van der Waals surface area contributed by atoms with Crippen LogP contribution in [0.3, 0.4) is 0 Å². The fraction of sp³-hybridized carbons (Fsp3) is 0.263. The number of benzene rings is 2. The lowest BCUT2D eigenvalue weighted by Crippen LogP contribution is -2.23. The highest BCUT2D eigenvalue weighted by molar-refractivity contribution is 7.89. The quantitative estimate of drug-likeness (QED) is 0.548. The molecule has 1 N–H and O–H groups in total. The number of rotatable bonds is 8. The molecule has 0 aliphatic rings. The van der Waals surface area contributed by atoms with Crippen molar-refractivity contribution in [3.8, 4) is 5.75 Å². The molecule has 0 aliphatic carbocycles. The number of ether oxygens (including phenoxy) is 2. The monoisotopic (exact) mass is 391 g/mol. The Balaban J connectivity index is 2.14. The van der Waals surface area contributed by atoms with Gasteiger partial charge in [-0.2, -0.15) is 0 Å². The molecule has 0 bridgehead atoms. The number of Topliss-reactive ketones (excluding diaryl/α,β-unsaturated/α-hetero) is 1. The van der Waals surface area contributed by atoms with Crippen molar-refractivity contribution in [1.82, 2.24) is 4.72 Å². The van der Waals surface area contributed by atoms with Crippen LogP contribution in [-0.4, -0.2) is 40.4 Å². The summed E-state index contributed by atoms with van der Waals surface area (Å²) in [5, 5.41) is 0. The number of esters is 1. The van der Waals surface area contributed by atoms with Crippen LogP contribution in [0.4, 0.5) is 0 Å². The van der Waals surface area contributed by atoms with E-state index in [4.69, 9.17) is 9.47 Å². The summed E-state index contributed by atoms with van der Waals surface area (Å²) in [5.74, 6) is -0.641. The number of carbonyl (C=O) groups excluding carboxylic acids is 2. The number of sulfonamides is 1. The summed E-state index contributed by atoms with van der Waals surface area (Å²) in [4.78, 5) is 24.5. The molecule has 0 aromatic heterocycles. The summed E-state index contributed by atoms with van der Waals surface area (Å²) in [6.45, 7) is 3.08. The maximum Gasteiger partial charge on any atom is 0.338 e. The van der Waals surface area contributed by atoms with E-state index in [0.717, 1.165) is 0 Å². The molecule has 2 aromatic carbocycles. The van der Waals surface area contributed by atoms with E-state index < -0.39 is 28.4 Å². The molecule has 0 fully saturated rings. The first-order valence-electron chi connectivity index (χ1n) is 8.23. The van der Waals surface area contributed by atoms with Gasteiger partial charge in [-0.3, -0.25) is 4.79 Å². The van der Waals surface area contributed by atoms with Crippen molar-refractivity contribution in [3.63, 3.8) is 0 Å². The summed E-state index contributed by atoms with van der Waals surface area (Å²) < 4.78 is 36.7. The van der Waals surface area contributed by atoms with Gasteiger partial charge in [0.25, 0.3) is 0 Å². The first-order valence-corrected chi connectivity index (χ1v) is 9.71. The fourth-order valence-electron chi connectivity index (χ4n) is 2.35. The zero-order valence-corrected chi connectivity index (χ0v) is 16.1. The number of aryl methyl sites for hydroxylation is 1. The van der Waals surface area contributed by atoms with Crippen LogP contribution in [0.2, 0.25) is 0 Å². The first kappa shape index (κ1) is 20.6. The second kappa shape index (κ2) is 8.79. The largest absolute Gasteiger partial charge is 0.497 e. The maximum absolute atomic E-state index is 12.3. The average Bonchev–Trinajstić information content (AvgIpc) is 2.66. The molecule has 144 valence electrons. The SMILES string of the molecule is CCNS(=O)(=O)c1ccc(C)c(C(=O)OCC(=O)c2cccc(OC)c2)c1. The van der Waals surface area contributed by atoms with Crippen LogP contribution < -0.4 is 9.46 Å². The van der Waals surface area contributed by atoms with E-state index in [0.29, 0.717) is 16.9 Å². The Labute approximate surface area is 158 Å². The second-order valence-electron chi connectivity index (χ2n) is 5.71. The Morgan fingerprint density at radius 2 is 1.85 bits per heavy atom. The van der Waals surface area contributed by atoms with Crippen molar-refractivity contribution < 1.29 is 27.5 Å². The van der Waals surface area contributed by atoms with Crippen molar-refractivity contribution >= 4 is 21.8 Å². The Morgan fingerprint density at radius 1 is 1.11 bits per heavy atom. The minimum absolute atomic E-state index is 0.0407. The predicted octanol–water partition coefficient (Wildman–Crippen LogP) is 2.34. The standard InChI is InChI=1S/C19H21NO6S/c1-4-20-27(23,24)16-9-8-13(2)17(11-16)19(22)26-12-18(21)14-6-5-7-15(10-14)25-3/h5-11,20H,4,12H2,1-3H3. The van der Waals surface area contributed by atoms with Gasteiger partial charge < -0.3 is 9.47 Å².